The van der Waals surface area contributed by atoms with Gasteiger partial charge in [-0.1, -0.05) is 82.1 Å². The van der Waals surface area contributed by atoms with Crippen LogP contribution in [0.5, 0.6) is 0 Å². The molecule has 0 amide bonds. The van der Waals surface area contributed by atoms with Gasteiger partial charge < -0.3 is 24.8 Å². The Bertz CT molecular complexity index is 1160. The molecule has 48 heavy (non-hydrogen) atoms. The highest BCUT2D eigenvalue weighted by Gasteiger charge is 2.74. The van der Waals surface area contributed by atoms with Crippen LogP contribution in [0.25, 0.3) is 0 Å². The lowest BCUT2D eigenvalue weighted by Crippen LogP contribution is -2.48. The maximum atomic E-state index is 11.6. The Balaban J connectivity index is 1.23. The maximum Gasteiger partial charge on any atom is 0.317 e. The van der Waals surface area contributed by atoms with Crippen LogP contribution in [0.4, 0.5) is 0 Å². The average Bonchev–Trinajstić information content (AvgIpc) is 3.52. The maximum absolute atomic E-state index is 11.6. The van der Waals surface area contributed by atoms with E-state index < -0.39 is 17.9 Å². The van der Waals surface area contributed by atoms with Crippen LogP contribution in [-0.2, 0) is 30.4 Å². The number of ether oxygens (including phenoxy) is 2. The Morgan fingerprint density at radius 2 is 0.917 bits per heavy atom. The van der Waals surface area contributed by atoms with Crippen molar-refractivity contribution in [1.82, 2.24) is 19.6 Å². The van der Waals surface area contributed by atoms with Gasteiger partial charge in [0.05, 0.1) is 19.6 Å². The molecule has 1 aromatic rings. The molecule has 2 saturated carbocycles. The molecule has 2 heterocycles. The van der Waals surface area contributed by atoms with Crippen molar-refractivity contribution in [1.29, 1.82) is 0 Å². The second-order valence-corrected chi connectivity index (χ2v) is 14.4. The first-order valence-corrected chi connectivity index (χ1v) is 18.1. The van der Waals surface area contributed by atoms with Gasteiger partial charge in [0.2, 0.25) is 0 Å². The summed E-state index contributed by atoms with van der Waals surface area (Å²) in [6, 6.07) is 8.43. The van der Waals surface area contributed by atoms with E-state index in [0.29, 0.717) is 58.9 Å². The Labute approximate surface area is 284 Å². The third kappa shape index (κ3) is 10.4. The lowest BCUT2D eigenvalue weighted by atomic mass is 10.0. The number of hydrogen-bond donors (Lipinski definition) is 3. The minimum absolute atomic E-state index is 0.126. The standard InChI is InChI=1S/C36H56N4O8/c41-31(42)25-38-18-16-37(17-19-39(26-32(43)44)21-23-40(22-20-38)27-33(45)46)24-29-10-12-30(13-11-29)34-47-35-14-8-6-4-2-1-3-5-7-9-15-36(35,28-35)48-34/h10-13,34H,1-9,14-28H2,(H,41,42)(H,43,44)(H,45,46). The van der Waals surface area contributed by atoms with Crippen molar-refractivity contribution in [3.05, 3.63) is 35.4 Å². The molecular formula is C36H56N4O8. The Morgan fingerprint density at radius 3 is 1.29 bits per heavy atom. The number of aliphatic carboxylic acids is 3. The summed E-state index contributed by atoms with van der Waals surface area (Å²) < 4.78 is 13.5. The summed E-state index contributed by atoms with van der Waals surface area (Å²) in [4.78, 5) is 42.4. The van der Waals surface area contributed by atoms with Crippen LogP contribution in [0, 0.1) is 0 Å². The number of carboxylic acid groups (broad SMARTS) is 3. The molecule has 5 rings (SSSR count). The van der Waals surface area contributed by atoms with Gasteiger partial charge in [-0.3, -0.25) is 34.0 Å². The monoisotopic (exact) mass is 672 g/mol. The van der Waals surface area contributed by atoms with E-state index in [4.69, 9.17) is 9.47 Å². The van der Waals surface area contributed by atoms with Crippen molar-refractivity contribution in [2.75, 3.05) is 72.0 Å². The Kier molecular flexibility index (Phi) is 13.3. The molecule has 0 bridgehead atoms. The highest BCUT2D eigenvalue weighted by molar-refractivity contribution is 5.69. The third-order valence-corrected chi connectivity index (χ3v) is 10.8. The van der Waals surface area contributed by atoms with Gasteiger partial charge in [-0.05, 0) is 18.4 Å². The Hall–Kier alpha value is -2.61. The highest BCUT2D eigenvalue weighted by atomic mass is 16.8. The van der Waals surface area contributed by atoms with Gasteiger partial charge in [0, 0.05) is 70.9 Å². The molecule has 2 atom stereocenters. The van der Waals surface area contributed by atoms with Gasteiger partial charge in [-0.25, -0.2) is 0 Å². The lowest BCUT2D eigenvalue weighted by molar-refractivity contribution is -0.140. The summed E-state index contributed by atoms with van der Waals surface area (Å²) in [5.74, 6) is -2.81. The predicted octanol–water partition coefficient (Wildman–Crippen LogP) is 3.89. The summed E-state index contributed by atoms with van der Waals surface area (Å²) in [6.45, 7) is 3.97. The predicted molar refractivity (Wildman–Crippen MR) is 180 cm³/mol. The van der Waals surface area contributed by atoms with E-state index in [9.17, 15) is 29.7 Å². The van der Waals surface area contributed by atoms with E-state index in [1.807, 2.05) is 9.80 Å². The van der Waals surface area contributed by atoms with E-state index in [2.05, 4.69) is 29.2 Å². The van der Waals surface area contributed by atoms with Gasteiger partial charge in [-0.15, -0.1) is 0 Å². The molecule has 268 valence electrons. The number of carbonyl (C=O) groups is 3. The normalized spacial score (nSPS) is 29.5. The van der Waals surface area contributed by atoms with E-state index >= 15 is 0 Å². The van der Waals surface area contributed by atoms with Crippen LogP contribution in [-0.4, -0.2) is 136 Å². The molecule has 2 aliphatic carbocycles. The first-order valence-electron chi connectivity index (χ1n) is 18.1. The van der Waals surface area contributed by atoms with Gasteiger partial charge >= 0.3 is 17.9 Å². The fraction of sp³-hybridized carbons (Fsp3) is 0.750. The minimum Gasteiger partial charge on any atom is -0.480 e. The smallest absolute Gasteiger partial charge is 0.317 e. The zero-order valence-electron chi connectivity index (χ0n) is 28.5. The van der Waals surface area contributed by atoms with Crippen molar-refractivity contribution in [2.24, 2.45) is 0 Å². The van der Waals surface area contributed by atoms with Crippen LogP contribution < -0.4 is 0 Å². The fourth-order valence-corrected chi connectivity index (χ4v) is 7.92. The molecule has 3 N–H and O–H groups in total. The van der Waals surface area contributed by atoms with Gasteiger partial charge in [0.25, 0.3) is 0 Å². The second-order valence-electron chi connectivity index (χ2n) is 14.4. The molecular weight excluding hydrogens is 616 g/mol. The first kappa shape index (κ1) is 36.7. The number of nitrogens with zero attached hydrogens (tertiary/aromatic N) is 4. The molecule has 2 saturated heterocycles. The first-order chi connectivity index (χ1) is 23.2. The van der Waals surface area contributed by atoms with Gasteiger partial charge in [0.15, 0.2) is 6.29 Å². The topological polar surface area (TPSA) is 143 Å². The minimum atomic E-state index is -0.966. The van der Waals surface area contributed by atoms with Crippen LogP contribution >= 0.6 is 0 Å². The second kappa shape index (κ2) is 17.4. The molecule has 0 radical (unpaired) electrons. The van der Waals surface area contributed by atoms with Crippen molar-refractivity contribution >= 4 is 17.9 Å². The van der Waals surface area contributed by atoms with E-state index in [1.54, 1.807) is 4.90 Å². The summed E-state index contributed by atoms with van der Waals surface area (Å²) in [5, 5.41) is 28.4. The molecule has 0 spiro atoms. The number of hydrogen-bond acceptors (Lipinski definition) is 9. The number of rotatable bonds is 9. The SMILES string of the molecule is O=C(O)CN1CCN(CC(=O)O)CCN(Cc2ccc(C3OC45CCCCCCCCCCCC4(C5)O3)cc2)CCN(CC(=O)O)CC1. The van der Waals surface area contributed by atoms with Crippen molar-refractivity contribution in [2.45, 2.75) is 101 Å². The molecule has 0 aromatic heterocycles. The largest absolute Gasteiger partial charge is 0.480 e. The molecule has 1 aromatic carbocycles. The summed E-state index contributed by atoms with van der Waals surface area (Å²) >= 11 is 0. The average molecular weight is 673 g/mol. The van der Waals surface area contributed by atoms with Crippen molar-refractivity contribution in [3.63, 3.8) is 0 Å². The van der Waals surface area contributed by atoms with E-state index in [1.165, 1.54) is 57.8 Å². The lowest BCUT2D eigenvalue weighted by Gasteiger charge is -2.33. The Morgan fingerprint density at radius 1 is 0.562 bits per heavy atom. The summed E-state index contributed by atoms with van der Waals surface area (Å²) in [7, 11) is 0. The molecule has 12 nitrogen and oxygen atoms in total. The fourth-order valence-electron chi connectivity index (χ4n) is 7.92. The molecule has 2 aliphatic heterocycles. The van der Waals surface area contributed by atoms with E-state index in [0.717, 1.165) is 30.4 Å². The summed E-state index contributed by atoms with van der Waals surface area (Å²) in [5.41, 5.74) is 1.86. The van der Waals surface area contributed by atoms with E-state index in [-0.39, 0.29) is 37.1 Å². The number of carboxylic acids is 3. The van der Waals surface area contributed by atoms with Crippen molar-refractivity contribution in [3.8, 4) is 0 Å². The van der Waals surface area contributed by atoms with Crippen LogP contribution in [0.3, 0.4) is 0 Å². The quantitative estimate of drug-likeness (QED) is 0.350. The van der Waals surface area contributed by atoms with Crippen molar-refractivity contribution < 1.29 is 39.2 Å². The van der Waals surface area contributed by atoms with Gasteiger partial charge in [-0.2, -0.15) is 0 Å². The third-order valence-electron chi connectivity index (χ3n) is 10.8. The van der Waals surface area contributed by atoms with Crippen LogP contribution in [0.15, 0.2) is 24.3 Å². The van der Waals surface area contributed by atoms with Crippen LogP contribution in [0.1, 0.15) is 94.5 Å². The highest BCUT2D eigenvalue weighted by Crippen LogP contribution is 2.67. The molecule has 12 heteroatoms. The van der Waals surface area contributed by atoms with Crippen LogP contribution in [0.2, 0.25) is 0 Å². The zero-order chi connectivity index (χ0) is 34.0. The molecule has 4 aliphatic rings. The van der Waals surface area contributed by atoms with Gasteiger partial charge in [0.1, 0.15) is 11.2 Å². The molecule has 2 unspecified atom stereocenters. The zero-order valence-corrected chi connectivity index (χ0v) is 28.5. The molecule has 4 fully saturated rings. The number of benzene rings is 1. The summed E-state index contributed by atoms with van der Waals surface area (Å²) in [6.07, 6.45) is 14.4.